The van der Waals surface area contributed by atoms with Crippen molar-refractivity contribution < 1.29 is 0 Å². The quantitative estimate of drug-likeness (QED) is 0.825. The van der Waals surface area contributed by atoms with E-state index < -0.39 is 0 Å². The topological polar surface area (TPSA) is 73.0 Å². The van der Waals surface area contributed by atoms with E-state index in [-0.39, 0.29) is 11.1 Å². The number of aryl methyl sites for hydroxylation is 3. The van der Waals surface area contributed by atoms with E-state index in [4.69, 9.17) is 0 Å². The van der Waals surface area contributed by atoms with Crippen molar-refractivity contribution in [3.8, 4) is 0 Å². The molecule has 7 heteroatoms. The standard InChI is InChI=1S/C19H25N5O2/c1-22-11-8-20-18(19(22)26)23-9-6-14(7-10-23)13-24-17(25)12-15-4-2-3-5-16(15)21-24/h8,11-12,14H,2-7,9-10,13H2,1H3. The fourth-order valence-electron chi connectivity index (χ4n) is 4.01. The normalized spacial score (nSPS) is 18.0. The van der Waals surface area contributed by atoms with Crippen molar-refractivity contribution in [2.45, 2.75) is 45.1 Å². The van der Waals surface area contributed by atoms with E-state index in [0.29, 0.717) is 18.3 Å². The summed E-state index contributed by atoms with van der Waals surface area (Å²) in [5.41, 5.74) is 2.20. The Morgan fingerprint density at radius 3 is 2.73 bits per heavy atom. The van der Waals surface area contributed by atoms with Crippen LogP contribution in [0.15, 0.2) is 28.0 Å². The predicted molar refractivity (Wildman–Crippen MR) is 99.6 cm³/mol. The van der Waals surface area contributed by atoms with Crippen LogP contribution in [-0.4, -0.2) is 32.4 Å². The molecule has 0 aromatic carbocycles. The predicted octanol–water partition coefficient (Wildman–Crippen LogP) is 1.13. The Morgan fingerprint density at radius 2 is 1.92 bits per heavy atom. The van der Waals surface area contributed by atoms with Crippen molar-refractivity contribution in [1.29, 1.82) is 0 Å². The Balaban J connectivity index is 1.44. The monoisotopic (exact) mass is 355 g/mol. The van der Waals surface area contributed by atoms with E-state index in [1.165, 1.54) is 0 Å². The van der Waals surface area contributed by atoms with Gasteiger partial charge in [0.15, 0.2) is 5.82 Å². The summed E-state index contributed by atoms with van der Waals surface area (Å²) >= 11 is 0. The van der Waals surface area contributed by atoms with Crippen LogP contribution in [0.1, 0.15) is 36.9 Å². The summed E-state index contributed by atoms with van der Waals surface area (Å²) in [6.07, 6.45) is 9.49. The molecule has 2 aliphatic rings. The van der Waals surface area contributed by atoms with Crippen LogP contribution >= 0.6 is 0 Å². The van der Waals surface area contributed by atoms with E-state index in [0.717, 1.165) is 62.9 Å². The van der Waals surface area contributed by atoms with E-state index in [1.54, 1.807) is 34.8 Å². The molecule has 4 rings (SSSR count). The number of hydrogen-bond acceptors (Lipinski definition) is 5. The molecule has 0 atom stereocenters. The molecule has 0 spiro atoms. The first-order valence-corrected chi connectivity index (χ1v) is 9.48. The molecule has 0 N–H and O–H groups in total. The number of piperidine rings is 1. The molecule has 1 saturated heterocycles. The highest BCUT2D eigenvalue weighted by Gasteiger charge is 2.23. The molecular weight excluding hydrogens is 330 g/mol. The smallest absolute Gasteiger partial charge is 0.293 e. The van der Waals surface area contributed by atoms with Crippen molar-refractivity contribution in [1.82, 2.24) is 19.3 Å². The Bertz CT molecular complexity index is 909. The molecule has 0 bridgehead atoms. The minimum Gasteiger partial charge on any atom is -0.352 e. The zero-order valence-corrected chi connectivity index (χ0v) is 15.2. The highest BCUT2D eigenvalue weighted by atomic mass is 16.1. The van der Waals surface area contributed by atoms with Gasteiger partial charge >= 0.3 is 0 Å². The second kappa shape index (κ2) is 7.05. The van der Waals surface area contributed by atoms with E-state index in [2.05, 4.69) is 15.0 Å². The Kier molecular flexibility index (Phi) is 4.61. The number of aromatic nitrogens is 4. The van der Waals surface area contributed by atoms with Crippen molar-refractivity contribution in [3.63, 3.8) is 0 Å². The van der Waals surface area contributed by atoms with Gasteiger partial charge in [-0.15, -0.1) is 0 Å². The molecule has 3 heterocycles. The summed E-state index contributed by atoms with van der Waals surface area (Å²) < 4.78 is 3.22. The Labute approximate surface area is 152 Å². The average molecular weight is 355 g/mol. The van der Waals surface area contributed by atoms with Gasteiger partial charge < -0.3 is 9.47 Å². The molecule has 0 unspecified atom stereocenters. The SMILES string of the molecule is Cn1ccnc(N2CCC(Cn3nc4c(cc3=O)CCCC4)CC2)c1=O. The number of anilines is 1. The first-order chi connectivity index (χ1) is 12.6. The largest absolute Gasteiger partial charge is 0.352 e. The minimum absolute atomic E-state index is 0.0201. The van der Waals surface area contributed by atoms with Crippen LogP contribution in [0.25, 0.3) is 0 Å². The molecule has 2 aromatic heterocycles. The van der Waals surface area contributed by atoms with E-state index in [9.17, 15) is 9.59 Å². The molecule has 7 nitrogen and oxygen atoms in total. The lowest BCUT2D eigenvalue weighted by Crippen LogP contribution is -2.40. The number of nitrogens with zero attached hydrogens (tertiary/aromatic N) is 5. The highest BCUT2D eigenvalue weighted by molar-refractivity contribution is 5.36. The molecule has 1 aliphatic carbocycles. The van der Waals surface area contributed by atoms with Gasteiger partial charge in [0, 0.05) is 45.1 Å². The van der Waals surface area contributed by atoms with E-state index in [1.807, 2.05) is 0 Å². The zero-order valence-electron chi connectivity index (χ0n) is 15.2. The van der Waals surface area contributed by atoms with Gasteiger partial charge in [0.25, 0.3) is 11.1 Å². The fraction of sp³-hybridized carbons (Fsp3) is 0.579. The van der Waals surface area contributed by atoms with Crippen molar-refractivity contribution in [3.05, 3.63) is 50.4 Å². The first-order valence-electron chi connectivity index (χ1n) is 9.48. The maximum absolute atomic E-state index is 12.4. The van der Waals surface area contributed by atoms with Crippen LogP contribution in [0, 0.1) is 5.92 Å². The minimum atomic E-state index is -0.0569. The molecule has 0 amide bonds. The molecule has 2 aromatic rings. The maximum atomic E-state index is 12.4. The molecular formula is C19H25N5O2. The van der Waals surface area contributed by atoms with Gasteiger partial charge in [-0.05, 0) is 50.0 Å². The third-order valence-corrected chi connectivity index (χ3v) is 5.62. The molecule has 26 heavy (non-hydrogen) atoms. The van der Waals surface area contributed by atoms with Gasteiger partial charge in [0.1, 0.15) is 0 Å². The van der Waals surface area contributed by atoms with Gasteiger partial charge in [-0.2, -0.15) is 5.10 Å². The van der Waals surface area contributed by atoms with Crippen LogP contribution in [-0.2, 0) is 26.4 Å². The Morgan fingerprint density at radius 1 is 1.15 bits per heavy atom. The summed E-state index contributed by atoms with van der Waals surface area (Å²) in [5, 5.41) is 4.63. The van der Waals surface area contributed by atoms with Crippen LogP contribution in [0.4, 0.5) is 5.82 Å². The second-order valence-electron chi connectivity index (χ2n) is 7.44. The first kappa shape index (κ1) is 17.0. The summed E-state index contributed by atoms with van der Waals surface area (Å²) in [4.78, 5) is 30.9. The Hall–Kier alpha value is -2.44. The summed E-state index contributed by atoms with van der Waals surface area (Å²) in [5.74, 6) is 0.933. The van der Waals surface area contributed by atoms with Crippen LogP contribution in [0.2, 0.25) is 0 Å². The summed E-state index contributed by atoms with van der Waals surface area (Å²) in [6.45, 7) is 2.24. The molecule has 1 fully saturated rings. The molecule has 0 radical (unpaired) electrons. The molecule has 138 valence electrons. The van der Waals surface area contributed by atoms with Gasteiger partial charge in [0.05, 0.1) is 5.69 Å². The lowest BCUT2D eigenvalue weighted by molar-refractivity contribution is 0.331. The number of fused-ring (bicyclic) bond motifs is 1. The van der Waals surface area contributed by atoms with Gasteiger partial charge in [-0.3, -0.25) is 9.59 Å². The lowest BCUT2D eigenvalue weighted by atomic mass is 9.96. The fourth-order valence-corrected chi connectivity index (χ4v) is 4.01. The summed E-state index contributed by atoms with van der Waals surface area (Å²) in [6, 6.07) is 1.79. The second-order valence-corrected chi connectivity index (χ2v) is 7.44. The lowest BCUT2D eigenvalue weighted by Gasteiger charge is -2.32. The average Bonchev–Trinajstić information content (AvgIpc) is 2.65. The van der Waals surface area contributed by atoms with Crippen LogP contribution in [0.3, 0.4) is 0 Å². The summed E-state index contributed by atoms with van der Waals surface area (Å²) in [7, 11) is 1.74. The number of rotatable bonds is 3. The highest BCUT2D eigenvalue weighted by Crippen LogP contribution is 2.22. The van der Waals surface area contributed by atoms with Gasteiger partial charge in [0.2, 0.25) is 0 Å². The van der Waals surface area contributed by atoms with Crippen molar-refractivity contribution in [2.75, 3.05) is 18.0 Å². The molecule has 1 aliphatic heterocycles. The third-order valence-electron chi connectivity index (χ3n) is 5.62. The van der Waals surface area contributed by atoms with Crippen LogP contribution in [0.5, 0.6) is 0 Å². The third kappa shape index (κ3) is 3.30. The van der Waals surface area contributed by atoms with Crippen molar-refractivity contribution in [2.24, 2.45) is 13.0 Å². The zero-order chi connectivity index (χ0) is 18.1. The van der Waals surface area contributed by atoms with E-state index >= 15 is 0 Å². The van der Waals surface area contributed by atoms with Gasteiger partial charge in [-0.1, -0.05) is 0 Å². The number of hydrogen-bond donors (Lipinski definition) is 0. The van der Waals surface area contributed by atoms with Gasteiger partial charge in [-0.25, -0.2) is 9.67 Å². The van der Waals surface area contributed by atoms with Crippen LogP contribution < -0.4 is 16.0 Å². The maximum Gasteiger partial charge on any atom is 0.293 e. The van der Waals surface area contributed by atoms with Crippen molar-refractivity contribution >= 4 is 5.82 Å². The molecule has 0 saturated carbocycles.